The highest BCUT2D eigenvalue weighted by molar-refractivity contribution is 4.94. The van der Waals surface area contributed by atoms with E-state index in [1.165, 1.54) is 6.92 Å². The van der Waals surface area contributed by atoms with Crippen LogP contribution >= 0.6 is 0 Å². The summed E-state index contributed by atoms with van der Waals surface area (Å²) in [6.45, 7) is 1.53. The number of rotatable bonds is 1. The standard InChI is InChI=1S/C3H11N4/c1-3(6,7)2(4)5/h4-7H2,1H3. The van der Waals surface area contributed by atoms with Gasteiger partial charge >= 0.3 is 0 Å². The van der Waals surface area contributed by atoms with Crippen molar-refractivity contribution in [2.45, 2.75) is 12.6 Å². The average molecular weight is 103 g/mol. The van der Waals surface area contributed by atoms with Gasteiger partial charge in [-0.2, -0.15) is 0 Å². The summed E-state index contributed by atoms with van der Waals surface area (Å²) in [5.74, 6) is 0. The van der Waals surface area contributed by atoms with Gasteiger partial charge in [-0.3, -0.25) is 0 Å². The molecule has 0 rings (SSSR count). The fourth-order valence-corrected chi connectivity index (χ4v) is 0. The summed E-state index contributed by atoms with van der Waals surface area (Å²) in [6.07, 6.45) is 0.0486. The summed E-state index contributed by atoms with van der Waals surface area (Å²) in [5, 5.41) is 0. The van der Waals surface area contributed by atoms with Crippen molar-refractivity contribution in [3.8, 4) is 0 Å². The van der Waals surface area contributed by atoms with Gasteiger partial charge in [0.15, 0.2) is 0 Å². The Labute approximate surface area is 42.8 Å². The zero-order valence-corrected chi connectivity index (χ0v) is 4.31. The van der Waals surface area contributed by atoms with Crippen molar-refractivity contribution < 1.29 is 0 Å². The Kier molecular flexibility index (Phi) is 1.71. The monoisotopic (exact) mass is 103 g/mol. The van der Waals surface area contributed by atoms with E-state index in [1.807, 2.05) is 0 Å². The fraction of sp³-hybridized carbons (Fsp3) is 0.667. The molecule has 4 nitrogen and oxygen atoms in total. The molecule has 0 spiro atoms. The molecule has 0 atom stereocenters. The van der Waals surface area contributed by atoms with Crippen LogP contribution in [0.1, 0.15) is 6.92 Å². The third kappa shape index (κ3) is 2.52. The van der Waals surface area contributed by atoms with E-state index in [1.54, 1.807) is 0 Å². The molecule has 1 radical (unpaired) electrons. The molecule has 7 heavy (non-hydrogen) atoms. The molecule has 4 heteroatoms. The molecular formula is C3H11N4. The van der Waals surface area contributed by atoms with Crippen LogP contribution in [0.25, 0.3) is 0 Å². The summed E-state index contributed by atoms with van der Waals surface area (Å²) in [5.41, 5.74) is 19.3. The molecule has 0 aromatic heterocycles. The maximum Gasteiger partial charge on any atom is 0.130 e. The van der Waals surface area contributed by atoms with E-state index in [4.69, 9.17) is 22.9 Å². The summed E-state index contributed by atoms with van der Waals surface area (Å²) in [7, 11) is 0. The highest BCUT2D eigenvalue weighted by Crippen LogP contribution is 1.92. The van der Waals surface area contributed by atoms with Gasteiger partial charge in [0.2, 0.25) is 0 Å². The van der Waals surface area contributed by atoms with Crippen LogP contribution in [-0.2, 0) is 0 Å². The van der Waals surface area contributed by atoms with Crippen molar-refractivity contribution in [1.82, 2.24) is 0 Å². The molecule has 0 fully saturated rings. The van der Waals surface area contributed by atoms with E-state index in [0.29, 0.717) is 0 Å². The van der Waals surface area contributed by atoms with Crippen molar-refractivity contribution in [1.29, 1.82) is 0 Å². The van der Waals surface area contributed by atoms with E-state index in [-0.39, 0.29) is 6.17 Å². The van der Waals surface area contributed by atoms with Gasteiger partial charge in [-0.15, -0.1) is 0 Å². The Hall–Kier alpha value is -0.160. The lowest BCUT2D eigenvalue weighted by atomic mass is 10.2. The fourth-order valence-electron chi connectivity index (χ4n) is 0. The number of hydrogen-bond acceptors (Lipinski definition) is 4. The third-order valence-corrected chi connectivity index (χ3v) is 0.622. The van der Waals surface area contributed by atoms with Gasteiger partial charge in [0, 0.05) is 0 Å². The first kappa shape index (κ1) is 6.84. The minimum absolute atomic E-state index is 0.0486. The van der Waals surface area contributed by atoms with Crippen molar-refractivity contribution in [3.05, 3.63) is 6.17 Å². The first-order chi connectivity index (χ1) is 2.94. The molecule has 0 bridgehead atoms. The predicted molar refractivity (Wildman–Crippen MR) is 28.4 cm³/mol. The summed E-state index contributed by atoms with van der Waals surface area (Å²) in [6, 6.07) is 0. The smallest absolute Gasteiger partial charge is 0.130 e. The third-order valence-electron chi connectivity index (χ3n) is 0.622. The van der Waals surface area contributed by atoms with Crippen LogP contribution in [0.2, 0.25) is 0 Å². The van der Waals surface area contributed by atoms with Gasteiger partial charge in [0.1, 0.15) is 6.17 Å². The van der Waals surface area contributed by atoms with Crippen molar-refractivity contribution >= 4 is 0 Å². The van der Waals surface area contributed by atoms with Gasteiger partial charge in [-0.25, -0.2) is 0 Å². The Bertz CT molecular complexity index is 52.4. The maximum atomic E-state index is 5.17. The minimum atomic E-state index is -1.03. The van der Waals surface area contributed by atoms with Crippen LogP contribution in [0.4, 0.5) is 0 Å². The maximum absolute atomic E-state index is 5.17. The molecule has 0 amide bonds. The van der Waals surface area contributed by atoms with Gasteiger partial charge < -0.3 is 22.9 Å². The molecule has 43 valence electrons. The lowest BCUT2D eigenvalue weighted by molar-refractivity contribution is 0.491. The van der Waals surface area contributed by atoms with Crippen molar-refractivity contribution in [2.24, 2.45) is 22.9 Å². The van der Waals surface area contributed by atoms with E-state index in [2.05, 4.69) is 0 Å². The Morgan fingerprint density at radius 1 is 1.29 bits per heavy atom. The van der Waals surface area contributed by atoms with E-state index in [9.17, 15) is 0 Å². The minimum Gasteiger partial charge on any atom is -0.311 e. The topological polar surface area (TPSA) is 104 Å². The van der Waals surface area contributed by atoms with Crippen molar-refractivity contribution in [3.63, 3.8) is 0 Å². The number of nitrogens with two attached hydrogens (primary N) is 4. The van der Waals surface area contributed by atoms with Crippen LogP contribution < -0.4 is 22.9 Å². The second-order valence-electron chi connectivity index (χ2n) is 1.74. The van der Waals surface area contributed by atoms with E-state index >= 15 is 0 Å². The zero-order chi connectivity index (χ0) is 6.08. The first-order valence-electron chi connectivity index (χ1n) is 1.90. The molecule has 0 saturated heterocycles. The van der Waals surface area contributed by atoms with Crippen molar-refractivity contribution in [2.75, 3.05) is 0 Å². The molecule has 8 N–H and O–H groups in total. The lowest BCUT2D eigenvalue weighted by Gasteiger charge is -2.20. The predicted octanol–water partition coefficient (Wildman–Crippen LogP) is -1.97. The second kappa shape index (κ2) is 1.75. The molecule has 0 heterocycles. The van der Waals surface area contributed by atoms with Gasteiger partial charge in [-0.1, -0.05) is 0 Å². The highest BCUT2D eigenvalue weighted by atomic mass is 15.1. The van der Waals surface area contributed by atoms with Gasteiger partial charge in [-0.05, 0) is 6.92 Å². The van der Waals surface area contributed by atoms with Gasteiger partial charge in [0.25, 0.3) is 0 Å². The number of hydrogen-bond donors (Lipinski definition) is 4. The summed E-state index contributed by atoms with van der Waals surface area (Å²) in [4.78, 5) is 0. The molecule has 0 aliphatic carbocycles. The Morgan fingerprint density at radius 2 is 1.43 bits per heavy atom. The summed E-state index contributed by atoms with van der Waals surface area (Å²) < 4.78 is 0. The van der Waals surface area contributed by atoms with Crippen LogP contribution in [0.5, 0.6) is 0 Å². The Morgan fingerprint density at radius 3 is 1.43 bits per heavy atom. The SMILES string of the molecule is CC(N)(N)[C](N)N. The average Bonchev–Trinajstić information content (AvgIpc) is 1.31. The summed E-state index contributed by atoms with van der Waals surface area (Å²) >= 11 is 0. The molecule has 0 aliphatic heterocycles. The molecule has 0 aliphatic rings. The van der Waals surface area contributed by atoms with Crippen LogP contribution in [-0.4, -0.2) is 5.66 Å². The van der Waals surface area contributed by atoms with Gasteiger partial charge in [0.05, 0.1) is 5.66 Å². The largest absolute Gasteiger partial charge is 0.311 e. The lowest BCUT2D eigenvalue weighted by Crippen LogP contribution is -2.58. The molecule has 0 unspecified atom stereocenters. The Balaban J connectivity index is 3.54. The van der Waals surface area contributed by atoms with Crippen LogP contribution in [0, 0.1) is 6.17 Å². The highest BCUT2D eigenvalue weighted by Gasteiger charge is 2.17. The van der Waals surface area contributed by atoms with Crippen LogP contribution in [0.15, 0.2) is 0 Å². The van der Waals surface area contributed by atoms with Crippen LogP contribution in [0.3, 0.4) is 0 Å². The molecule has 0 aromatic rings. The normalized spacial score (nSPS) is 12.9. The quantitative estimate of drug-likeness (QED) is 0.289. The van der Waals surface area contributed by atoms with E-state index < -0.39 is 5.66 Å². The van der Waals surface area contributed by atoms with E-state index in [0.717, 1.165) is 0 Å². The molecular weight excluding hydrogens is 92.1 g/mol. The molecule has 0 saturated carbocycles. The zero-order valence-electron chi connectivity index (χ0n) is 4.31. The second-order valence-corrected chi connectivity index (χ2v) is 1.74. The first-order valence-corrected chi connectivity index (χ1v) is 1.90. The molecule has 0 aromatic carbocycles.